The first-order valence-electron chi connectivity index (χ1n) is 17.0. The van der Waals surface area contributed by atoms with Gasteiger partial charge in [0.2, 0.25) is 11.8 Å². The maximum atomic E-state index is 14.3. The maximum Gasteiger partial charge on any atom is 0.409 e. The van der Waals surface area contributed by atoms with E-state index in [-0.39, 0.29) is 75.1 Å². The van der Waals surface area contributed by atoms with Gasteiger partial charge in [-0.2, -0.15) is 0 Å². The number of esters is 1. The van der Waals surface area contributed by atoms with E-state index in [4.69, 9.17) is 14.2 Å². The minimum atomic E-state index is -1.16. The molecule has 50 heavy (non-hydrogen) atoms. The molecule has 16 heteroatoms. The van der Waals surface area contributed by atoms with E-state index in [2.05, 4.69) is 15.6 Å². The number of benzene rings is 1. The molecular weight excluding hydrogens is 655 g/mol. The van der Waals surface area contributed by atoms with Crippen LogP contribution in [0.25, 0.3) is 10.9 Å². The van der Waals surface area contributed by atoms with E-state index in [1.807, 2.05) is 6.92 Å². The highest BCUT2D eigenvalue weighted by molar-refractivity contribution is 5.99. The average Bonchev–Trinajstić information content (AvgIpc) is 3.61. The zero-order valence-electron chi connectivity index (χ0n) is 28.7. The molecule has 0 unspecified atom stereocenters. The van der Waals surface area contributed by atoms with Crippen LogP contribution in [0.15, 0.2) is 24.3 Å². The number of hydrogen-bond donors (Lipinski definition) is 2. The van der Waals surface area contributed by atoms with Crippen molar-refractivity contribution in [1.29, 1.82) is 0 Å². The number of nitrogens with one attached hydrogen (secondary N) is 2. The summed E-state index contributed by atoms with van der Waals surface area (Å²) in [5.74, 6) is -3.01. The Morgan fingerprint density at radius 2 is 1.68 bits per heavy atom. The Labute approximate surface area is 289 Å². The summed E-state index contributed by atoms with van der Waals surface area (Å²) in [4.78, 5) is 86.2. The van der Waals surface area contributed by atoms with Gasteiger partial charge in [0.1, 0.15) is 29.3 Å². The average molecular weight is 701 g/mol. The van der Waals surface area contributed by atoms with Crippen LogP contribution in [0.4, 0.5) is 9.18 Å². The Hall–Kier alpha value is -5.02. The number of aromatic nitrogens is 1. The number of hydrogen-bond acceptors (Lipinski definition) is 10. The lowest BCUT2D eigenvalue weighted by Crippen LogP contribution is -2.56. The minimum absolute atomic E-state index is 0.0718. The lowest BCUT2D eigenvalue weighted by atomic mass is 10.1. The van der Waals surface area contributed by atoms with Crippen LogP contribution >= 0.6 is 0 Å². The van der Waals surface area contributed by atoms with Crippen LogP contribution in [0.1, 0.15) is 63.4 Å². The quantitative estimate of drug-likeness (QED) is 0.277. The predicted octanol–water partition coefficient (Wildman–Crippen LogP) is 2.01. The van der Waals surface area contributed by atoms with Crippen LogP contribution < -0.4 is 15.4 Å². The van der Waals surface area contributed by atoms with Crippen molar-refractivity contribution in [3.8, 4) is 5.75 Å². The molecule has 0 spiro atoms. The van der Waals surface area contributed by atoms with Crippen molar-refractivity contribution in [1.82, 2.24) is 30.3 Å². The molecule has 2 N–H and O–H groups in total. The van der Waals surface area contributed by atoms with Gasteiger partial charge in [0.25, 0.3) is 11.8 Å². The van der Waals surface area contributed by atoms with Crippen LogP contribution in [-0.2, 0) is 28.7 Å². The highest BCUT2D eigenvalue weighted by Gasteiger charge is 2.35. The number of fused-ring (bicyclic) bond motifs is 1. The zero-order valence-corrected chi connectivity index (χ0v) is 28.7. The number of pyridine rings is 1. The largest absolute Gasteiger partial charge is 0.483 e. The van der Waals surface area contributed by atoms with E-state index < -0.39 is 54.3 Å². The van der Waals surface area contributed by atoms with Crippen LogP contribution in [0, 0.1) is 5.82 Å². The van der Waals surface area contributed by atoms with E-state index in [1.165, 1.54) is 32.9 Å². The summed E-state index contributed by atoms with van der Waals surface area (Å²) >= 11 is 0. The van der Waals surface area contributed by atoms with E-state index in [1.54, 1.807) is 13.8 Å². The summed E-state index contributed by atoms with van der Waals surface area (Å²) in [6.07, 6.45) is 1.23. The number of carbonyl (C=O) groups excluding carboxylic acids is 6. The van der Waals surface area contributed by atoms with Gasteiger partial charge in [0, 0.05) is 63.2 Å². The first kappa shape index (κ1) is 37.8. The Balaban J connectivity index is 1.52. The second kappa shape index (κ2) is 18.1. The van der Waals surface area contributed by atoms with Crippen molar-refractivity contribution >= 4 is 46.6 Å². The summed E-state index contributed by atoms with van der Waals surface area (Å²) < 4.78 is 30.2. The van der Waals surface area contributed by atoms with Crippen LogP contribution in [0.2, 0.25) is 0 Å². The molecule has 0 radical (unpaired) electrons. The molecule has 1 aromatic heterocycles. The monoisotopic (exact) mass is 700 g/mol. The van der Waals surface area contributed by atoms with E-state index >= 15 is 0 Å². The second-order valence-corrected chi connectivity index (χ2v) is 11.9. The van der Waals surface area contributed by atoms with Gasteiger partial charge in [0.05, 0.1) is 18.7 Å². The van der Waals surface area contributed by atoms with Crippen molar-refractivity contribution in [2.24, 2.45) is 0 Å². The third kappa shape index (κ3) is 9.79. The lowest BCUT2D eigenvalue weighted by molar-refractivity contribution is -0.143. The molecule has 272 valence electrons. The summed E-state index contributed by atoms with van der Waals surface area (Å²) in [5, 5.41) is 5.82. The number of halogens is 1. The molecule has 2 aliphatic heterocycles. The SMILES string of the molecule is CCCNC(=O)[C@@H]1CCCN1C(=O)COc1cc(C(=O)N[C@@H](CCC(=O)OCC)C(=O)N2CCN(C(=O)OCC)CC2)nc2cc(F)ccc12. The molecular formula is C34H45FN6O9. The van der Waals surface area contributed by atoms with Crippen LogP contribution in [0.5, 0.6) is 5.75 Å². The molecule has 5 amide bonds. The van der Waals surface area contributed by atoms with Gasteiger partial charge in [-0.25, -0.2) is 14.2 Å². The fraction of sp³-hybridized carbons (Fsp3) is 0.559. The summed E-state index contributed by atoms with van der Waals surface area (Å²) in [6, 6.07) is 3.24. The van der Waals surface area contributed by atoms with Gasteiger partial charge < -0.3 is 39.5 Å². The number of amides is 5. The molecule has 2 aromatic rings. The highest BCUT2D eigenvalue weighted by Crippen LogP contribution is 2.27. The minimum Gasteiger partial charge on any atom is -0.483 e. The fourth-order valence-electron chi connectivity index (χ4n) is 5.86. The molecule has 0 aliphatic carbocycles. The maximum absolute atomic E-state index is 14.3. The standard InChI is InChI=1S/C34H45FN6O9/c1-4-13-36-32(45)27-8-7-14-41(27)29(42)21-50-28-20-26(37-25-19-22(35)9-10-23(25)28)31(44)38-24(11-12-30(43)48-5-2)33(46)39-15-17-40(18-16-39)34(47)49-6-3/h9-10,19-20,24,27H,4-8,11-18,21H2,1-3H3,(H,36,45)(H,38,44)/t24-,27-/m0/s1. The van der Waals surface area contributed by atoms with Gasteiger partial charge in [0.15, 0.2) is 6.61 Å². The number of ether oxygens (including phenoxy) is 3. The van der Waals surface area contributed by atoms with Gasteiger partial charge in [-0.3, -0.25) is 24.0 Å². The highest BCUT2D eigenvalue weighted by atomic mass is 19.1. The van der Waals surface area contributed by atoms with E-state index in [9.17, 15) is 33.2 Å². The zero-order chi connectivity index (χ0) is 36.2. The molecule has 2 aliphatic rings. The third-order valence-electron chi connectivity index (χ3n) is 8.41. The number of rotatable bonds is 14. The van der Waals surface area contributed by atoms with Gasteiger partial charge >= 0.3 is 12.1 Å². The topological polar surface area (TPSA) is 177 Å². The molecule has 0 saturated carbocycles. The molecule has 0 bridgehead atoms. The van der Waals surface area contributed by atoms with Crippen LogP contribution in [0.3, 0.4) is 0 Å². The third-order valence-corrected chi connectivity index (χ3v) is 8.41. The number of piperazine rings is 1. The molecule has 2 fully saturated rings. The Kier molecular flexibility index (Phi) is 13.7. The van der Waals surface area contributed by atoms with Crippen molar-refractivity contribution in [2.45, 2.75) is 65.0 Å². The smallest absolute Gasteiger partial charge is 0.409 e. The Morgan fingerprint density at radius 3 is 2.38 bits per heavy atom. The molecule has 15 nitrogen and oxygen atoms in total. The van der Waals surface area contributed by atoms with Gasteiger partial charge in [-0.1, -0.05) is 6.92 Å². The first-order valence-corrected chi connectivity index (χ1v) is 17.0. The van der Waals surface area contributed by atoms with Crippen LogP contribution in [-0.4, -0.2) is 127 Å². The molecule has 2 saturated heterocycles. The van der Waals surface area contributed by atoms with Gasteiger partial charge in [-0.15, -0.1) is 0 Å². The Morgan fingerprint density at radius 1 is 0.960 bits per heavy atom. The van der Waals surface area contributed by atoms with Crippen molar-refractivity contribution < 1.29 is 47.4 Å². The summed E-state index contributed by atoms with van der Waals surface area (Å²) in [7, 11) is 0. The molecule has 4 rings (SSSR count). The van der Waals surface area contributed by atoms with E-state index in [0.717, 1.165) is 12.5 Å². The number of nitrogens with zero attached hydrogens (tertiary/aromatic N) is 4. The van der Waals surface area contributed by atoms with Crippen molar-refractivity contribution in [3.05, 3.63) is 35.8 Å². The van der Waals surface area contributed by atoms with Crippen molar-refractivity contribution in [3.63, 3.8) is 0 Å². The van der Waals surface area contributed by atoms with Gasteiger partial charge in [-0.05, 0) is 51.7 Å². The first-order chi connectivity index (χ1) is 24.1. The van der Waals surface area contributed by atoms with E-state index in [0.29, 0.717) is 31.3 Å². The van der Waals surface area contributed by atoms with Crippen molar-refractivity contribution in [2.75, 3.05) is 59.1 Å². The normalized spacial score (nSPS) is 16.5. The summed E-state index contributed by atoms with van der Waals surface area (Å²) in [5.41, 5.74) is -0.146. The molecule has 1 aromatic carbocycles. The predicted molar refractivity (Wildman–Crippen MR) is 178 cm³/mol. The Bertz CT molecular complexity index is 1570. The fourth-order valence-corrected chi connectivity index (χ4v) is 5.86. The number of carbonyl (C=O) groups is 6. The molecule has 2 atom stereocenters. The lowest BCUT2D eigenvalue weighted by Gasteiger charge is -2.36. The number of likely N-dealkylation sites (tertiary alicyclic amines) is 1. The molecule has 3 heterocycles. The summed E-state index contributed by atoms with van der Waals surface area (Å²) in [6.45, 7) is 6.90. The second-order valence-electron chi connectivity index (χ2n) is 11.9.